The second-order valence-corrected chi connectivity index (χ2v) is 5.74. The smallest absolute Gasteiger partial charge is 0.310 e. The van der Waals surface area contributed by atoms with Crippen LogP contribution in [0.3, 0.4) is 0 Å². The predicted molar refractivity (Wildman–Crippen MR) is 90.0 cm³/mol. The van der Waals surface area contributed by atoms with Gasteiger partial charge in [-0.3, -0.25) is 4.79 Å². The minimum absolute atomic E-state index is 0.365. The Labute approximate surface area is 132 Å². The van der Waals surface area contributed by atoms with Gasteiger partial charge in [0.25, 0.3) is 0 Å². The van der Waals surface area contributed by atoms with Gasteiger partial charge in [-0.15, -0.1) is 0 Å². The van der Waals surface area contributed by atoms with E-state index in [1.807, 2.05) is 36.4 Å². The van der Waals surface area contributed by atoms with E-state index >= 15 is 0 Å². The molecule has 0 radical (unpaired) electrons. The van der Waals surface area contributed by atoms with Crippen molar-refractivity contribution >= 4 is 5.97 Å². The van der Waals surface area contributed by atoms with Crippen LogP contribution in [0.5, 0.6) is 0 Å². The zero-order chi connectivity index (χ0) is 15.6. The first-order chi connectivity index (χ1) is 10.8. The first kappa shape index (κ1) is 16.3. The van der Waals surface area contributed by atoms with Crippen molar-refractivity contribution in [2.45, 2.75) is 44.4 Å². The summed E-state index contributed by atoms with van der Waals surface area (Å²) >= 11 is 0. The van der Waals surface area contributed by atoms with E-state index < -0.39 is 5.97 Å². The number of rotatable bonds is 9. The second kappa shape index (κ2) is 9.04. The minimum Gasteiger partial charge on any atom is -0.481 e. The SMILES string of the molecule is O=C(O)C(CCCCCCc1ccccc1)c1ccccc1. The minimum atomic E-state index is -0.713. The van der Waals surface area contributed by atoms with Gasteiger partial charge in [0.1, 0.15) is 0 Å². The van der Waals surface area contributed by atoms with Crippen molar-refractivity contribution in [3.8, 4) is 0 Å². The molecule has 0 aliphatic carbocycles. The lowest BCUT2D eigenvalue weighted by atomic mass is 9.93. The number of carboxylic acids is 1. The summed E-state index contributed by atoms with van der Waals surface area (Å²) in [6, 6.07) is 20.1. The molecular formula is C20H24O2. The Morgan fingerprint density at radius 1 is 0.818 bits per heavy atom. The highest BCUT2D eigenvalue weighted by atomic mass is 16.4. The van der Waals surface area contributed by atoms with Gasteiger partial charge in [-0.25, -0.2) is 0 Å². The van der Waals surface area contributed by atoms with Crippen LogP contribution in [-0.4, -0.2) is 11.1 Å². The van der Waals surface area contributed by atoms with Gasteiger partial charge in [-0.2, -0.15) is 0 Å². The van der Waals surface area contributed by atoms with Crippen molar-refractivity contribution in [2.75, 3.05) is 0 Å². The van der Waals surface area contributed by atoms with Crippen LogP contribution in [0.2, 0.25) is 0 Å². The predicted octanol–water partition coefficient (Wildman–Crippen LogP) is 5.05. The topological polar surface area (TPSA) is 37.3 Å². The fourth-order valence-corrected chi connectivity index (χ4v) is 2.79. The monoisotopic (exact) mass is 296 g/mol. The van der Waals surface area contributed by atoms with E-state index in [0.29, 0.717) is 0 Å². The number of unbranched alkanes of at least 4 members (excludes halogenated alkanes) is 3. The molecule has 1 unspecified atom stereocenters. The third kappa shape index (κ3) is 5.36. The van der Waals surface area contributed by atoms with Gasteiger partial charge in [-0.1, -0.05) is 79.9 Å². The van der Waals surface area contributed by atoms with Crippen LogP contribution in [-0.2, 0) is 11.2 Å². The second-order valence-electron chi connectivity index (χ2n) is 5.74. The van der Waals surface area contributed by atoms with Crippen molar-refractivity contribution in [1.29, 1.82) is 0 Å². The summed E-state index contributed by atoms with van der Waals surface area (Å²) in [5.41, 5.74) is 2.30. The quantitative estimate of drug-likeness (QED) is 0.658. The Bertz CT molecular complexity index is 548. The van der Waals surface area contributed by atoms with Gasteiger partial charge in [0.2, 0.25) is 0 Å². The lowest BCUT2D eigenvalue weighted by Gasteiger charge is -2.12. The van der Waals surface area contributed by atoms with Crippen molar-refractivity contribution in [3.63, 3.8) is 0 Å². The molecule has 1 atom stereocenters. The van der Waals surface area contributed by atoms with Gasteiger partial charge in [-0.05, 0) is 30.4 Å². The van der Waals surface area contributed by atoms with Crippen molar-refractivity contribution in [2.24, 2.45) is 0 Å². The highest BCUT2D eigenvalue weighted by Gasteiger charge is 2.18. The summed E-state index contributed by atoms with van der Waals surface area (Å²) in [5.74, 6) is -1.08. The lowest BCUT2D eigenvalue weighted by Crippen LogP contribution is -2.11. The largest absolute Gasteiger partial charge is 0.481 e. The molecule has 0 saturated carbocycles. The van der Waals surface area contributed by atoms with Crippen LogP contribution in [0, 0.1) is 0 Å². The molecular weight excluding hydrogens is 272 g/mol. The van der Waals surface area contributed by atoms with Crippen LogP contribution in [0.25, 0.3) is 0 Å². The fraction of sp³-hybridized carbons (Fsp3) is 0.350. The first-order valence-electron chi connectivity index (χ1n) is 8.09. The maximum Gasteiger partial charge on any atom is 0.310 e. The Balaban J connectivity index is 1.67. The maximum atomic E-state index is 11.4. The van der Waals surface area contributed by atoms with Crippen molar-refractivity contribution in [3.05, 3.63) is 71.8 Å². The number of aryl methyl sites for hydroxylation is 1. The average molecular weight is 296 g/mol. The molecule has 2 heteroatoms. The van der Waals surface area contributed by atoms with E-state index in [0.717, 1.165) is 37.7 Å². The number of carbonyl (C=O) groups is 1. The molecule has 0 spiro atoms. The maximum absolute atomic E-state index is 11.4. The molecule has 2 aromatic carbocycles. The molecule has 2 rings (SSSR count). The highest BCUT2D eigenvalue weighted by Crippen LogP contribution is 2.23. The molecule has 22 heavy (non-hydrogen) atoms. The normalized spacial score (nSPS) is 12.0. The summed E-state index contributed by atoms with van der Waals surface area (Å²) in [6.45, 7) is 0. The molecule has 1 N–H and O–H groups in total. The van der Waals surface area contributed by atoms with Gasteiger partial charge in [0.15, 0.2) is 0 Å². The van der Waals surface area contributed by atoms with Crippen molar-refractivity contribution in [1.82, 2.24) is 0 Å². The zero-order valence-corrected chi connectivity index (χ0v) is 12.9. The van der Waals surface area contributed by atoms with Gasteiger partial charge in [0, 0.05) is 0 Å². The third-order valence-corrected chi connectivity index (χ3v) is 4.05. The fourth-order valence-electron chi connectivity index (χ4n) is 2.79. The molecule has 0 saturated heterocycles. The van der Waals surface area contributed by atoms with E-state index in [2.05, 4.69) is 24.3 Å². The number of hydrogen-bond acceptors (Lipinski definition) is 1. The van der Waals surface area contributed by atoms with Crippen molar-refractivity contribution < 1.29 is 9.90 Å². The number of benzene rings is 2. The molecule has 0 aliphatic rings. The van der Waals surface area contributed by atoms with Gasteiger partial charge in [0.05, 0.1) is 5.92 Å². The first-order valence-corrected chi connectivity index (χ1v) is 8.09. The summed E-state index contributed by atoms with van der Waals surface area (Å²) in [6.07, 6.45) is 6.25. The Kier molecular flexibility index (Phi) is 6.69. The molecule has 2 aromatic rings. The van der Waals surface area contributed by atoms with Gasteiger partial charge >= 0.3 is 5.97 Å². The Morgan fingerprint density at radius 2 is 1.41 bits per heavy atom. The highest BCUT2D eigenvalue weighted by molar-refractivity contribution is 5.75. The van der Waals surface area contributed by atoms with Gasteiger partial charge < -0.3 is 5.11 Å². The molecule has 0 fully saturated rings. The number of aliphatic carboxylic acids is 1. The van der Waals surface area contributed by atoms with Crippen LogP contribution < -0.4 is 0 Å². The molecule has 0 bridgehead atoms. The molecule has 0 heterocycles. The van der Waals surface area contributed by atoms with E-state index in [9.17, 15) is 9.90 Å². The summed E-state index contributed by atoms with van der Waals surface area (Å²) in [7, 11) is 0. The van der Waals surface area contributed by atoms with E-state index in [1.54, 1.807) is 0 Å². The number of hydrogen-bond donors (Lipinski definition) is 1. The number of carboxylic acid groups (broad SMARTS) is 1. The zero-order valence-electron chi connectivity index (χ0n) is 12.9. The average Bonchev–Trinajstić information content (AvgIpc) is 2.55. The van der Waals surface area contributed by atoms with Crippen LogP contribution >= 0.6 is 0 Å². The van der Waals surface area contributed by atoms with E-state index in [4.69, 9.17) is 0 Å². The third-order valence-electron chi connectivity index (χ3n) is 4.05. The molecule has 0 aliphatic heterocycles. The summed E-state index contributed by atoms with van der Waals surface area (Å²) in [5, 5.41) is 9.38. The summed E-state index contributed by atoms with van der Waals surface area (Å²) in [4.78, 5) is 11.4. The Morgan fingerprint density at radius 3 is 2.05 bits per heavy atom. The Hall–Kier alpha value is -2.09. The molecule has 2 nitrogen and oxygen atoms in total. The molecule has 116 valence electrons. The molecule has 0 aromatic heterocycles. The standard InChI is InChI=1S/C20H24O2/c21-20(22)19(18-14-8-4-9-15-18)16-10-2-1-5-11-17-12-6-3-7-13-17/h3-4,6-9,12-15,19H,1-2,5,10-11,16H2,(H,21,22). The molecule has 0 amide bonds. The van der Waals surface area contributed by atoms with E-state index in [-0.39, 0.29) is 5.92 Å². The van der Waals surface area contributed by atoms with Crippen LogP contribution in [0.1, 0.15) is 49.1 Å². The van der Waals surface area contributed by atoms with Crippen LogP contribution in [0.15, 0.2) is 60.7 Å². The lowest BCUT2D eigenvalue weighted by molar-refractivity contribution is -0.139. The van der Waals surface area contributed by atoms with Crippen LogP contribution in [0.4, 0.5) is 0 Å². The summed E-state index contributed by atoms with van der Waals surface area (Å²) < 4.78 is 0. The van der Waals surface area contributed by atoms with E-state index in [1.165, 1.54) is 12.0 Å².